The number of carboxylic acid groups (broad SMARTS) is 1. The van der Waals surface area contributed by atoms with Crippen LogP contribution in [0.25, 0.3) is 11.3 Å². The lowest BCUT2D eigenvalue weighted by Crippen LogP contribution is -2.04. The molecule has 0 aliphatic rings. The highest BCUT2D eigenvalue weighted by Gasteiger charge is 2.13. The second-order valence-corrected chi connectivity index (χ2v) is 4.16. The summed E-state index contributed by atoms with van der Waals surface area (Å²) in [6, 6.07) is 7.66. The molecule has 0 unspecified atom stereocenters. The molecule has 2 aromatic rings. The maximum absolute atomic E-state index is 11.0. The number of aromatic carboxylic acids is 1. The lowest BCUT2D eigenvalue weighted by atomic mass is 10.0. The van der Waals surface area contributed by atoms with Crippen molar-refractivity contribution in [2.45, 2.75) is 13.8 Å². The van der Waals surface area contributed by atoms with Crippen LogP contribution >= 0.6 is 0 Å². The van der Waals surface area contributed by atoms with Gasteiger partial charge in [-0.25, -0.2) is 4.79 Å². The van der Waals surface area contributed by atoms with Crippen molar-refractivity contribution in [2.75, 3.05) is 0 Å². The van der Waals surface area contributed by atoms with Crippen LogP contribution in [0.2, 0.25) is 0 Å². The van der Waals surface area contributed by atoms with Crippen LogP contribution in [0.5, 0.6) is 0 Å². The van der Waals surface area contributed by atoms with Gasteiger partial charge in [0.05, 0.1) is 5.69 Å². The van der Waals surface area contributed by atoms with Gasteiger partial charge in [0.1, 0.15) is 5.69 Å². The molecule has 88 valence electrons. The van der Waals surface area contributed by atoms with Crippen molar-refractivity contribution in [3.05, 3.63) is 41.1 Å². The van der Waals surface area contributed by atoms with Crippen LogP contribution in [0.3, 0.4) is 0 Å². The molecule has 0 spiro atoms. The first-order chi connectivity index (χ1) is 7.99. The Morgan fingerprint density at radius 3 is 2.59 bits per heavy atom. The maximum Gasteiger partial charge on any atom is 0.354 e. The van der Waals surface area contributed by atoms with Crippen molar-refractivity contribution < 1.29 is 9.90 Å². The summed E-state index contributed by atoms with van der Waals surface area (Å²) in [5.74, 6) is -0.962. The molecule has 17 heavy (non-hydrogen) atoms. The van der Waals surface area contributed by atoms with E-state index in [1.165, 1.54) is 4.68 Å². The normalized spacial score (nSPS) is 10.5. The number of hydrogen-bond acceptors (Lipinski definition) is 2. The van der Waals surface area contributed by atoms with Gasteiger partial charge in [0.2, 0.25) is 0 Å². The first kappa shape index (κ1) is 11.4. The fraction of sp³-hybridized carbons (Fsp3) is 0.231. The Morgan fingerprint density at radius 2 is 2.00 bits per heavy atom. The van der Waals surface area contributed by atoms with Gasteiger partial charge < -0.3 is 5.11 Å². The van der Waals surface area contributed by atoms with E-state index in [9.17, 15) is 4.79 Å². The van der Waals surface area contributed by atoms with Gasteiger partial charge in [-0.3, -0.25) is 4.68 Å². The minimum Gasteiger partial charge on any atom is -0.477 e. The zero-order chi connectivity index (χ0) is 12.6. The first-order valence-electron chi connectivity index (χ1n) is 5.34. The highest BCUT2D eigenvalue weighted by molar-refractivity contribution is 5.87. The topological polar surface area (TPSA) is 55.1 Å². The van der Waals surface area contributed by atoms with Gasteiger partial charge in [-0.1, -0.05) is 17.7 Å². The number of aromatic nitrogens is 2. The number of benzene rings is 1. The third-order valence-electron chi connectivity index (χ3n) is 2.77. The molecular weight excluding hydrogens is 216 g/mol. The van der Waals surface area contributed by atoms with Crippen LogP contribution in [-0.4, -0.2) is 20.9 Å². The molecule has 0 atom stereocenters. The minimum atomic E-state index is -0.962. The molecule has 0 bridgehead atoms. The van der Waals surface area contributed by atoms with Crippen LogP contribution in [0, 0.1) is 13.8 Å². The number of rotatable bonds is 2. The van der Waals surface area contributed by atoms with E-state index in [1.807, 2.05) is 32.0 Å². The number of carbonyl (C=O) groups is 1. The summed E-state index contributed by atoms with van der Waals surface area (Å²) in [6.45, 7) is 3.99. The summed E-state index contributed by atoms with van der Waals surface area (Å²) in [5.41, 5.74) is 4.10. The van der Waals surface area contributed by atoms with E-state index in [1.54, 1.807) is 13.1 Å². The molecule has 1 N–H and O–H groups in total. The molecule has 0 amide bonds. The Kier molecular flexibility index (Phi) is 2.71. The van der Waals surface area contributed by atoms with Crippen molar-refractivity contribution in [1.29, 1.82) is 0 Å². The predicted molar refractivity (Wildman–Crippen MR) is 65.1 cm³/mol. The molecule has 0 saturated heterocycles. The molecule has 0 aliphatic heterocycles. The zero-order valence-corrected chi connectivity index (χ0v) is 10.1. The van der Waals surface area contributed by atoms with Crippen molar-refractivity contribution in [3.8, 4) is 11.3 Å². The second kappa shape index (κ2) is 4.05. The third-order valence-corrected chi connectivity index (χ3v) is 2.77. The van der Waals surface area contributed by atoms with Gasteiger partial charge in [0.15, 0.2) is 0 Å². The Hall–Kier alpha value is -2.10. The van der Waals surface area contributed by atoms with Crippen molar-refractivity contribution in [2.24, 2.45) is 7.05 Å². The van der Waals surface area contributed by atoms with Crippen LogP contribution in [0.15, 0.2) is 24.3 Å². The molecule has 0 aliphatic carbocycles. The van der Waals surface area contributed by atoms with Gasteiger partial charge in [0, 0.05) is 12.6 Å². The molecule has 1 aromatic carbocycles. The van der Waals surface area contributed by atoms with Gasteiger partial charge in [-0.05, 0) is 31.5 Å². The summed E-state index contributed by atoms with van der Waals surface area (Å²) >= 11 is 0. The Labute approximate surface area is 99.5 Å². The third kappa shape index (κ3) is 2.06. The smallest absolute Gasteiger partial charge is 0.354 e. The summed E-state index contributed by atoms with van der Waals surface area (Å²) < 4.78 is 1.39. The lowest BCUT2D eigenvalue weighted by Gasteiger charge is -2.03. The Balaban J connectivity index is 2.57. The van der Waals surface area contributed by atoms with E-state index < -0.39 is 5.97 Å². The number of carboxylic acids is 1. The predicted octanol–water partition coefficient (Wildman–Crippen LogP) is 2.40. The van der Waals surface area contributed by atoms with Crippen molar-refractivity contribution in [1.82, 2.24) is 9.78 Å². The quantitative estimate of drug-likeness (QED) is 0.861. The molecule has 2 rings (SSSR count). The Morgan fingerprint density at radius 1 is 1.29 bits per heavy atom. The van der Waals surface area contributed by atoms with E-state index in [-0.39, 0.29) is 5.69 Å². The molecule has 0 saturated carbocycles. The average molecular weight is 230 g/mol. The van der Waals surface area contributed by atoms with Crippen LogP contribution in [0.4, 0.5) is 0 Å². The van der Waals surface area contributed by atoms with Gasteiger partial charge in [-0.15, -0.1) is 0 Å². The summed E-state index contributed by atoms with van der Waals surface area (Å²) in [4.78, 5) is 11.0. The summed E-state index contributed by atoms with van der Waals surface area (Å²) in [6.07, 6.45) is 0. The first-order valence-corrected chi connectivity index (χ1v) is 5.34. The molecular formula is C13H14N2O2. The molecule has 4 heteroatoms. The van der Waals surface area contributed by atoms with E-state index >= 15 is 0 Å². The van der Waals surface area contributed by atoms with Gasteiger partial charge in [0.25, 0.3) is 0 Å². The summed E-state index contributed by atoms with van der Waals surface area (Å²) in [7, 11) is 1.64. The van der Waals surface area contributed by atoms with E-state index in [2.05, 4.69) is 5.10 Å². The van der Waals surface area contributed by atoms with Crippen molar-refractivity contribution >= 4 is 5.97 Å². The maximum atomic E-state index is 11.0. The SMILES string of the molecule is Cc1ccc(C)c(-c2cc(C(=O)O)n(C)n2)c1. The molecule has 0 fully saturated rings. The Bertz CT molecular complexity index is 585. The van der Waals surface area contributed by atoms with Gasteiger partial charge >= 0.3 is 5.97 Å². The molecule has 1 heterocycles. The van der Waals surface area contributed by atoms with Crippen molar-refractivity contribution in [3.63, 3.8) is 0 Å². The highest BCUT2D eigenvalue weighted by atomic mass is 16.4. The standard InChI is InChI=1S/C13H14N2O2/c1-8-4-5-9(2)10(6-8)11-7-12(13(16)17)15(3)14-11/h4-7H,1-3H3,(H,16,17). The fourth-order valence-corrected chi connectivity index (χ4v) is 1.81. The van der Waals surface area contributed by atoms with Crippen LogP contribution in [-0.2, 0) is 7.05 Å². The average Bonchev–Trinajstić information content (AvgIpc) is 2.64. The molecule has 1 aromatic heterocycles. The molecule has 0 radical (unpaired) electrons. The van der Waals surface area contributed by atoms with E-state index in [0.717, 1.165) is 16.7 Å². The number of nitrogens with zero attached hydrogens (tertiary/aromatic N) is 2. The molecule has 4 nitrogen and oxygen atoms in total. The number of aryl methyl sites for hydroxylation is 3. The van der Waals surface area contributed by atoms with Crippen LogP contribution in [0.1, 0.15) is 21.6 Å². The minimum absolute atomic E-state index is 0.195. The lowest BCUT2D eigenvalue weighted by molar-refractivity contribution is 0.0685. The largest absolute Gasteiger partial charge is 0.477 e. The fourth-order valence-electron chi connectivity index (χ4n) is 1.81. The monoisotopic (exact) mass is 230 g/mol. The second-order valence-electron chi connectivity index (χ2n) is 4.16. The van der Waals surface area contributed by atoms with E-state index in [0.29, 0.717) is 5.69 Å². The highest BCUT2D eigenvalue weighted by Crippen LogP contribution is 2.23. The van der Waals surface area contributed by atoms with Crippen LogP contribution < -0.4 is 0 Å². The zero-order valence-electron chi connectivity index (χ0n) is 10.1. The van der Waals surface area contributed by atoms with Gasteiger partial charge in [-0.2, -0.15) is 5.10 Å². The summed E-state index contributed by atoms with van der Waals surface area (Å²) in [5, 5.41) is 13.2. The number of hydrogen-bond donors (Lipinski definition) is 1. The van der Waals surface area contributed by atoms with E-state index in [4.69, 9.17) is 5.11 Å².